The first kappa shape index (κ1) is 18.9. The van der Waals surface area contributed by atoms with E-state index in [2.05, 4.69) is 26.6 Å². The Hall–Kier alpha value is -2.92. The maximum Gasteiger partial charge on any atom is 0.313 e. The van der Waals surface area contributed by atoms with Gasteiger partial charge in [0.25, 0.3) is 0 Å². The molecule has 0 radical (unpaired) electrons. The monoisotopic (exact) mass is 422 g/mol. The zero-order chi connectivity index (χ0) is 19.2. The summed E-state index contributed by atoms with van der Waals surface area (Å²) >= 11 is 3.42. The van der Waals surface area contributed by atoms with Crippen molar-refractivity contribution in [3.05, 3.63) is 100 Å². The summed E-state index contributed by atoms with van der Waals surface area (Å²) in [6.45, 7) is 1.92. The highest BCUT2D eigenvalue weighted by Gasteiger charge is 2.21. The minimum absolute atomic E-state index is 0.405. The van der Waals surface area contributed by atoms with Gasteiger partial charge in [0.1, 0.15) is 0 Å². The first-order valence-electron chi connectivity index (χ1n) is 8.52. The minimum atomic E-state index is -0.700. The molecule has 0 saturated carbocycles. The molecule has 3 rings (SSSR count). The second-order valence-corrected chi connectivity index (χ2v) is 7.00. The molecule has 0 saturated heterocycles. The van der Waals surface area contributed by atoms with Gasteiger partial charge in [0.2, 0.25) is 0 Å². The number of hydrogen-bond acceptors (Lipinski definition) is 2. The summed E-state index contributed by atoms with van der Waals surface area (Å²) in [6.07, 6.45) is 0. The molecule has 2 N–H and O–H groups in total. The molecule has 0 heterocycles. The average molecular weight is 423 g/mol. The van der Waals surface area contributed by atoms with Gasteiger partial charge in [0, 0.05) is 10.2 Å². The van der Waals surface area contributed by atoms with Gasteiger partial charge in [-0.05, 0) is 41.8 Å². The van der Waals surface area contributed by atoms with E-state index in [1.165, 1.54) is 0 Å². The van der Waals surface area contributed by atoms with Gasteiger partial charge in [-0.2, -0.15) is 0 Å². The highest BCUT2D eigenvalue weighted by atomic mass is 79.9. The number of carbonyl (C=O) groups excluding carboxylic acids is 2. The molecule has 3 aromatic carbocycles. The van der Waals surface area contributed by atoms with Crippen molar-refractivity contribution in [1.82, 2.24) is 5.32 Å². The quantitative estimate of drug-likeness (QED) is 0.603. The molecule has 0 aliphatic carbocycles. The maximum atomic E-state index is 12.5. The number of rotatable bonds is 4. The molecular formula is C22H19BrN2O2. The second-order valence-electron chi connectivity index (χ2n) is 6.15. The van der Waals surface area contributed by atoms with Crippen LogP contribution in [0.2, 0.25) is 0 Å². The summed E-state index contributed by atoms with van der Waals surface area (Å²) in [5.41, 5.74) is 3.36. The molecule has 0 aromatic heterocycles. The standard InChI is InChI=1S/C22H19BrN2O2/c1-15-14-18(12-13-19(15)23)24-21(26)22(27)25-20(16-8-4-2-5-9-16)17-10-6-3-7-11-17/h2-14,20H,1H3,(H,24,26)(H,25,27). The number of amides is 2. The molecule has 0 aliphatic rings. The molecule has 0 atom stereocenters. The first-order chi connectivity index (χ1) is 13.0. The second kappa shape index (κ2) is 8.64. The van der Waals surface area contributed by atoms with Crippen molar-refractivity contribution in [3.8, 4) is 0 Å². The van der Waals surface area contributed by atoms with E-state index in [4.69, 9.17) is 0 Å². The first-order valence-corrected chi connectivity index (χ1v) is 9.32. The van der Waals surface area contributed by atoms with Crippen LogP contribution >= 0.6 is 15.9 Å². The Morgan fingerprint density at radius 3 is 1.89 bits per heavy atom. The third-order valence-corrected chi connectivity index (χ3v) is 5.05. The summed E-state index contributed by atoms with van der Waals surface area (Å²) in [7, 11) is 0. The number of anilines is 1. The molecule has 2 amide bonds. The van der Waals surface area contributed by atoms with Crippen molar-refractivity contribution in [3.63, 3.8) is 0 Å². The van der Waals surface area contributed by atoms with E-state index in [1.54, 1.807) is 12.1 Å². The van der Waals surface area contributed by atoms with E-state index in [0.717, 1.165) is 21.2 Å². The number of benzene rings is 3. The van der Waals surface area contributed by atoms with Gasteiger partial charge in [-0.25, -0.2) is 0 Å². The van der Waals surface area contributed by atoms with Crippen LogP contribution in [0.3, 0.4) is 0 Å². The van der Waals surface area contributed by atoms with E-state index >= 15 is 0 Å². The van der Waals surface area contributed by atoms with Gasteiger partial charge in [-0.3, -0.25) is 9.59 Å². The van der Waals surface area contributed by atoms with Crippen molar-refractivity contribution in [1.29, 1.82) is 0 Å². The number of nitrogens with one attached hydrogen (secondary N) is 2. The van der Waals surface area contributed by atoms with Gasteiger partial charge < -0.3 is 10.6 Å². The molecule has 136 valence electrons. The summed E-state index contributed by atoms with van der Waals surface area (Å²) in [4.78, 5) is 24.9. The zero-order valence-electron chi connectivity index (χ0n) is 14.8. The van der Waals surface area contributed by atoms with Crippen LogP contribution in [0.1, 0.15) is 22.7 Å². The zero-order valence-corrected chi connectivity index (χ0v) is 16.4. The number of hydrogen-bond donors (Lipinski definition) is 2. The van der Waals surface area contributed by atoms with E-state index < -0.39 is 17.9 Å². The van der Waals surface area contributed by atoms with Crippen LogP contribution in [0, 0.1) is 6.92 Å². The molecule has 5 heteroatoms. The van der Waals surface area contributed by atoms with Crippen LogP contribution in [0.25, 0.3) is 0 Å². The van der Waals surface area contributed by atoms with E-state index in [-0.39, 0.29) is 0 Å². The third kappa shape index (κ3) is 4.83. The van der Waals surface area contributed by atoms with Gasteiger partial charge in [-0.15, -0.1) is 0 Å². The molecule has 4 nitrogen and oxygen atoms in total. The Morgan fingerprint density at radius 1 is 0.815 bits per heavy atom. The highest BCUT2D eigenvalue weighted by molar-refractivity contribution is 9.10. The molecular weight excluding hydrogens is 404 g/mol. The lowest BCUT2D eigenvalue weighted by Crippen LogP contribution is -2.38. The van der Waals surface area contributed by atoms with Gasteiger partial charge >= 0.3 is 11.8 Å². The van der Waals surface area contributed by atoms with E-state index in [0.29, 0.717) is 5.69 Å². The summed E-state index contributed by atoms with van der Waals surface area (Å²) in [6, 6.07) is 24.1. The van der Waals surface area contributed by atoms with Crippen LogP contribution in [-0.2, 0) is 9.59 Å². The molecule has 27 heavy (non-hydrogen) atoms. The smallest absolute Gasteiger partial charge is 0.313 e. The molecule has 0 bridgehead atoms. The van der Waals surface area contributed by atoms with E-state index in [9.17, 15) is 9.59 Å². The Kier molecular flexibility index (Phi) is 6.04. The van der Waals surface area contributed by atoms with Gasteiger partial charge in [0.15, 0.2) is 0 Å². The summed E-state index contributed by atoms with van der Waals surface area (Å²) in [5, 5.41) is 5.48. The SMILES string of the molecule is Cc1cc(NC(=O)C(=O)NC(c2ccccc2)c2ccccc2)ccc1Br. The predicted octanol–water partition coefficient (Wildman–Crippen LogP) is 4.60. The lowest BCUT2D eigenvalue weighted by Gasteiger charge is -2.19. The Balaban J connectivity index is 1.78. The van der Waals surface area contributed by atoms with Crippen molar-refractivity contribution in [2.75, 3.05) is 5.32 Å². The number of aryl methyl sites for hydroxylation is 1. The van der Waals surface area contributed by atoms with Gasteiger partial charge in [-0.1, -0.05) is 76.6 Å². The van der Waals surface area contributed by atoms with Crippen LogP contribution < -0.4 is 10.6 Å². The number of carbonyl (C=O) groups is 2. The third-order valence-electron chi connectivity index (χ3n) is 4.16. The Bertz CT molecular complexity index is 904. The molecule has 0 unspecified atom stereocenters. The normalized spacial score (nSPS) is 10.5. The minimum Gasteiger partial charge on any atom is -0.337 e. The lowest BCUT2D eigenvalue weighted by atomic mass is 9.99. The maximum absolute atomic E-state index is 12.5. The van der Waals surface area contributed by atoms with E-state index in [1.807, 2.05) is 73.7 Å². The van der Waals surface area contributed by atoms with Crippen molar-refractivity contribution in [2.45, 2.75) is 13.0 Å². The van der Waals surface area contributed by atoms with Crippen LogP contribution in [0.4, 0.5) is 5.69 Å². The topological polar surface area (TPSA) is 58.2 Å². The lowest BCUT2D eigenvalue weighted by molar-refractivity contribution is -0.136. The van der Waals surface area contributed by atoms with Crippen LogP contribution in [0.5, 0.6) is 0 Å². The largest absolute Gasteiger partial charge is 0.337 e. The van der Waals surface area contributed by atoms with Gasteiger partial charge in [0.05, 0.1) is 6.04 Å². The van der Waals surface area contributed by atoms with Crippen molar-refractivity contribution in [2.24, 2.45) is 0 Å². The fraction of sp³-hybridized carbons (Fsp3) is 0.0909. The summed E-state index contributed by atoms with van der Waals surface area (Å²) < 4.78 is 0.943. The molecule has 0 fully saturated rings. The van der Waals surface area contributed by atoms with Crippen molar-refractivity contribution >= 4 is 33.4 Å². The van der Waals surface area contributed by atoms with Crippen LogP contribution in [0.15, 0.2) is 83.3 Å². The highest BCUT2D eigenvalue weighted by Crippen LogP contribution is 2.22. The molecule has 0 spiro atoms. The van der Waals surface area contributed by atoms with Crippen molar-refractivity contribution < 1.29 is 9.59 Å². The Morgan fingerprint density at radius 2 is 1.37 bits per heavy atom. The average Bonchev–Trinajstić information content (AvgIpc) is 2.70. The summed E-state index contributed by atoms with van der Waals surface area (Å²) in [5.74, 6) is -1.39. The predicted molar refractivity (Wildman–Crippen MR) is 110 cm³/mol. The molecule has 0 aliphatic heterocycles. The van der Waals surface area contributed by atoms with Crippen LogP contribution in [-0.4, -0.2) is 11.8 Å². The number of halogens is 1. The Labute approximate surface area is 166 Å². The molecule has 3 aromatic rings. The fourth-order valence-electron chi connectivity index (χ4n) is 2.76. The fourth-order valence-corrected chi connectivity index (χ4v) is 3.00.